The maximum Gasteiger partial charge on any atom is 0.326 e. The van der Waals surface area contributed by atoms with Gasteiger partial charge >= 0.3 is 5.97 Å². The molecule has 6 nitrogen and oxygen atoms in total. The summed E-state index contributed by atoms with van der Waals surface area (Å²) in [6.07, 6.45) is 3.06. The summed E-state index contributed by atoms with van der Waals surface area (Å²) in [4.78, 5) is 24.2. The van der Waals surface area contributed by atoms with Gasteiger partial charge in [-0.05, 0) is 18.9 Å². The molecule has 2 heterocycles. The molecule has 0 unspecified atom stereocenters. The van der Waals surface area contributed by atoms with Crippen LogP contribution in [0.3, 0.4) is 0 Å². The van der Waals surface area contributed by atoms with E-state index in [2.05, 4.69) is 10.2 Å². The van der Waals surface area contributed by atoms with Gasteiger partial charge in [0.15, 0.2) is 0 Å². The van der Waals surface area contributed by atoms with Crippen LogP contribution < -0.4 is 0 Å². The standard InChI is InChI=1S/C10H13N3O3/c14-9(6-7-3-4-11-12-7)13-5-1-2-8(13)10(15)16/h3-4,8H,1-2,5-6H2,(H,11,12)(H,15,16)/t8-/m1/s1. The van der Waals surface area contributed by atoms with Crippen molar-refractivity contribution in [2.24, 2.45) is 0 Å². The van der Waals surface area contributed by atoms with Gasteiger partial charge in [-0.1, -0.05) is 0 Å². The van der Waals surface area contributed by atoms with E-state index in [0.29, 0.717) is 18.7 Å². The maximum absolute atomic E-state index is 11.8. The number of hydrogen-bond donors (Lipinski definition) is 2. The number of nitrogens with one attached hydrogen (secondary N) is 1. The summed E-state index contributed by atoms with van der Waals surface area (Å²) >= 11 is 0. The van der Waals surface area contributed by atoms with Crippen molar-refractivity contribution in [1.82, 2.24) is 15.1 Å². The van der Waals surface area contributed by atoms with Crippen molar-refractivity contribution >= 4 is 11.9 Å². The average molecular weight is 223 g/mol. The molecule has 0 spiro atoms. The molecule has 0 saturated carbocycles. The summed E-state index contributed by atoms with van der Waals surface area (Å²) in [7, 11) is 0. The second kappa shape index (κ2) is 4.34. The molecule has 1 aliphatic rings. The molecule has 0 radical (unpaired) electrons. The van der Waals surface area contributed by atoms with Crippen LogP contribution in [0.25, 0.3) is 0 Å². The molecule has 1 aromatic rings. The summed E-state index contributed by atoms with van der Waals surface area (Å²) in [5, 5.41) is 15.4. The summed E-state index contributed by atoms with van der Waals surface area (Å²) in [6, 6.07) is 1.06. The molecular formula is C10H13N3O3. The van der Waals surface area contributed by atoms with Gasteiger partial charge in [-0.25, -0.2) is 4.79 Å². The van der Waals surface area contributed by atoms with Crippen molar-refractivity contribution in [2.45, 2.75) is 25.3 Å². The number of H-pyrrole nitrogens is 1. The number of aromatic amines is 1. The first-order valence-corrected chi connectivity index (χ1v) is 5.19. The van der Waals surface area contributed by atoms with Crippen LogP contribution in [-0.2, 0) is 16.0 Å². The topological polar surface area (TPSA) is 86.3 Å². The van der Waals surface area contributed by atoms with Crippen molar-refractivity contribution in [3.63, 3.8) is 0 Å². The number of carboxylic acid groups (broad SMARTS) is 1. The minimum atomic E-state index is -0.921. The lowest BCUT2D eigenvalue weighted by Gasteiger charge is -2.20. The Morgan fingerprint density at radius 3 is 3.06 bits per heavy atom. The highest BCUT2D eigenvalue weighted by Crippen LogP contribution is 2.18. The fourth-order valence-corrected chi connectivity index (χ4v) is 1.97. The van der Waals surface area contributed by atoms with Crippen LogP contribution >= 0.6 is 0 Å². The third kappa shape index (κ3) is 2.05. The van der Waals surface area contributed by atoms with Crippen LogP contribution in [0.4, 0.5) is 0 Å². The van der Waals surface area contributed by atoms with Crippen LogP contribution in [-0.4, -0.2) is 44.7 Å². The van der Waals surface area contributed by atoms with Gasteiger partial charge in [-0.15, -0.1) is 0 Å². The molecule has 0 aromatic carbocycles. The van der Waals surface area contributed by atoms with Gasteiger partial charge in [0.1, 0.15) is 6.04 Å². The first kappa shape index (κ1) is 10.7. The van der Waals surface area contributed by atoms with E-state index in [0.717, 1.165) is 6.42 Å². The van der Waals surface area contributed by atoms with E-state index in [4.69, 9.17) is 5.11 Å². The lowest BCUT2D eigenvalue weighted by Crippen LogP contribution is -2.41. The Morgan fingerprint density at radius 1 is 1.62 bits per heavy atom. The fraction of sp³-hybridized carbons (Fsp3) is 0.500. The first-order valence-electron chi connectivity index (χ1n) is 5.19. The summed E-state index contributed by atoms with van der Waals surface area (Å²) < 4.78 is 0. The zero-order chi connectivity index (χ0) is 11.5. The number of aromatic nitrogens is 2. The van der Waals surface area contributed by atoms with E-state index in [1.54, 1.807) is 12.3 Å². The molecule has 0 aliphatic carbocycles. The smallest absolute Gasteiger partial charge is 0.326 e. The van der Waals surface area contributed by atoms with E-state index >= 15 is 0 Å². The summed E-state index contributed by atoms with van der Waals surface area (Å²) in [5.41, 5.74) is 0.709. The number of likely N-dealkylation sites (tertiary alicyclic amines) is 1. The second-order valence-corrected chi connectivity index (χ2v) is 3.84. The minimum Gasteiger partial charge on any atom is -0.480 e. The van der Waals surface area contributed by atoms with Crippen molar-refractivity contribution in [3.8, 4) is 0 Å². The van der Waals surface area contributed by atoms with E-state index in [1.807, 2.05) is 0 Å². The van der Waals surface area contributed by atoms with Crippen LogP contribution in [0.15, 0.2) is 12.3 Å². The molecule has 0 bridgehead atoms. The van der Waals surface area contributed by atoms with Gasteiger partial charge in [-0.2, -0.15) is 5.10 Å². The third-order valence-electron chi connectivity index (χ3n) is 2.76. The Hall–Kier alpha value is -1.85. The minimum absolute atomic E-state index is 0.158. The van der Waals surface area contributed by atoms with E-state index in [9.17, 15) is 9.59 Å². The van der Waals surface area contributed by atoms with Gasteiger partial charge in [0.2, 0.25) is 5.91 Å². The molecule has 16 heavy (non-hydrogen) atoms. The molecule has 1 saturated heterocycles. The van der Waals surface area contributed by atoms with Gasteiger partial charge < -0.3 is 10.0 Å². The van der Waals surface area contributed by atoms with Crippen molar-refractivity contribution in [2.75, 3.05) is 6.54 Å². The Kier molecular flexibility index (Phi) is 2.89. The van der Waals surface area contributed by atoms with Gasteiger partial charge in [0.05, 0.1) is 6.42 Å². The fourth-order valence-electron chi connectivity index (χ4n) is 1.97. The Labute approximate surface area is 92.3 Å². The lowest BCUT2D eigenvalue weighted by atomic mass is 10.2. The zero-order valence-electron chi connectivity index (χ0n) is 8.72. The van der Waals surface area contributed by atoms with Crippen molar-refractivity contribution < 1.29 is 14.7 Å². The molecule has 2 rings (SSSR count). The SMILES string of the molecule is O=C(O)[C@H]1CCCN1C(=O)Cc1ccn[nH]1. The molecule has 86 valence electrons. The molecule has 1 aliphatic heterocycles. The number of carbonyl (C=O) groups is 2. The highest BCUT2D eigenvalue weighted by Gasteiger charge is 2.33. The first-order chi connectivity index (χ1) is 7.68. The highest BCUT2D eigenvalue weighted by molar-refractivity contribution is 5.85. The molecular weight excluding hydrogens is 210 g/mol. The number of hydrogen-bond acceptors (Lipinski definition) is 3. The van der Waals surface area contributed by atoms with Crippen LogP contribution in [0.1, 0.15) is 18.5 Å². The number of amides is 1. The van der Waals surface area contributed by atoms with Crippen molar-refractivity contribution in [3.05, 3.63) is 18.0 Å². The number of aliphatic carboxylic acids is 1. The molecule has 1 fully saturated rings. The molecule has 1 aromatic heterocycles. The highest BCUT2D eigenvalue weighted by atomic mass is 16.4. The van der Waals surface area contributed by atoms with Gasteiger partial charge in [0, 0.05) is 18.4 Å². The molecule has 2 N–H and O–H groups in total. The molecule has 1 atom stereocenters. The number of carbonyl (C=O) groups excluding carboxylic acids is 1. The number of rotatable bonds is 3. The third-order valence-corrected chi connectivity index (χ3v) is 2.76. The average Bonchev–Trinajstić information content (AvgIpc) is 2.86. The molecule has 6 heteroatoms. The zero-order valence-corrected chi connectivity index (χ0v) is 8.72. The summed E-state index contributed by atoms with van der Waals surface area (Å²) in [5.74, 6) is -1.08. The van der Waals surface area contributed by atoms with E-state index < -0.39 is 12.0 Å². The van der Waals surface area contributed by atoms with Crippen LogP contribution in [0.2, 0.25) is 0 Å². The van der Waals surface area contributed by atoms with E-state index in [-0.39, 0.29) is 12.3 Å². The number of nitrogens with zero attached hydrogens (tertiary/aromatic N) is 2. The normalized spacial score (nSPS) is 20.0. The Balaban J connectivity index is 2.01. The van der Waals surface area contributed by atoms with E-state index in [1.165, 1.54) is 4.90 Å². The second-order valence-electron chi connectivity index (χ2n) is 3.84. The quantitative estimate of drug-likeness (QED) is 0.756. The predicted octanol–water partition coefficient (Wildman–Crippen LogP) is 0.0278. The largest absolute Gasteiger partial charge is 0.480 e. The maximum atomic E-state index is 11.8. The molecule has 1 amide bonds. The predicted molar refractivity (Wildman–Crippen MR) is 54.7 cm³/mol. The monoisotopic (exact) mass is 223 g/mol. The van der Waals surface area contributed by atoms with Gasteiger partial charge in [0.25, 0.3) is 0 Å². The lowest BCUT2D eigenvalue weighted by molar-refractivity contribution is -0.148. The summed E-state index contributed by atoms with van der Waals surface area (Å²) in [6.45, 7) is 0.532. The van der Waals surface area contributed by atoms with Gasteiger partial charge in [-0.3, -0.25) is 9.89 Å². The number of carboxylic acids is 1. The van der Waals surface area contributed by atoms with Crippen LogP contribution in [0.5, 0.6) is 0 Å². The van der Waals surface area contributed by atoms with Crippen LogP contribution in [0, 0.1) is 0 Å². The Morgan fingerprint density at radius 2 is 2.44 bits per heavy atom. The van der Waals surface area contributed by atoms with Crippen molar-refractivity contribution in [1.29, 1.82) is 0 Å². The Bertz CT molecular complexity index is 388.